The molecule has 2 atom stereocenters. The highest BCUT2D eigenvalue weighted by molar-refractivity contribution is 7.45. The van der Waals surface area contributed by atoms with Gasteiger partial charge in [0.25, 0.3) is 7.82 Å². The Bertz CT molecular complexity index is 1210. The third-order valence-corrected chi connectivity index (χ3v) is 13.1. The normalized spacial score (nSPS) is 13.6. The van der Waals surface area contributed by atoms with Crippen molar-refractivity contribution in [2.24, 2.45) is 0 Å². The van der Waals surface area contributed by atoms with Crippen molar-refractivity contribution in [3.63, 3.8) is 0 Å². The van der Waals surface area contributed by atoms with Gasteiger partial charge in [-0.3, -0.25) is 14.2 Å². The van der Waals surface area contributed by atoms with Crippen molar-refractivity contribution >= 4 is 19.8 Å². The third kappa shape index (κ3) is 51.6. The molecule has 0 fully saturated rings. The first-order valence-corrected chi connectivity index (χ1v) is 29.2. The maximum absolute atomic E-state index is 12.8. The van der Waals surface area contributed by atoms with E-state index in [4.69, 9.17) is 18.5 Å². The van der Waals surface area contributed by atoms with Gasteiger partial charge in [0.2, 0.25) is 0 Å². The van der Waals surface area contributed by atoms with Crippen LogP contribution in [0.2, 0.25) is 0 Å². The summed E-state index contributed by atoms with van der Waals surface area (Å²) in [5.74, 6) is -0.877. The van der Waals surface area contributed by atoms with Gasteiger partial charge in [-0.1, -0.05) is 211 Å². The summed E-state index contributed by atoms with van der Waals surface area (Å²) in [7, 11) is 1.15. The molecule has 0 aliphatic rings. The van der Waals surface area contributed by atoms with Gasteiger partial charge in [0, 0.05) is 12.8 Å². The number of likely N-dealkylation sites (N-methyl/N-ethyl adjacent to an activating group) is 1. The molecule has 0 aliphatic heterocycles. The Balaban J connectivity index is 4.24. The summed E-state index contributed by atoms with van der Waals surface area (Å²) in [6, 6.07) is 0. The minimum atomic E-state index is -4.64. The van der Waals surface area contributed by atoms with Crippen LogP contribution < -0.4 is 4.89 Å². The third-order valence-electron chi connectivity index (χ3n) is 12.1. The number of phosphoric acid groups is 1. The summed E-state index contributed by atoms with van der Waals surface area (Å²) < 4.78 is 34.1. The lowest BCUT2D eigenvalue weighted by molar-refractivity contribution is -0.870. The Labute approximate surface area is 408 Å². The number of quaternary nitrogens is 1. The first-order chi connectivity index (χ1) is 32.0. The van der Waals surface area contributed by atoms with Gasteiger partial charge >= 0.3 is 11.9 Å². The number of phosphoric ester groups is 1. The molecule has 0 saturated heterocycles. The van der Waals surface area contributed by atoms with E-state index in [9.17, 15) is 19.0 Å². The predicted molar refractivity (Wildman–Crippen MR) is 277 cm³/mol. The Kier molecular flexibility index (Phi) is 47.0. The van der Waals surface area contributed by atoms with Crippen molar-refractivity contribution in [1.29, 1.82) is 0 Å². The molecule has 0 aliphatic carbocycles. The number of unbranched alkanes of at least 4 members (excludes halogenated alkanes) is 31. The number of hydrogen-bond acceptors (Lipinski definition) is 8. The van der Waals surface area contributed by atoms with Crippen LogP contribution in [0, 0.1) is 0 Å². The molecule has 0 aromatic heterocycles. The van der Waals surface area contributed by atoms with Crippen LogP contribution in [-0.4, -0.2) is 70.0 Å². The quantitative estimate of drug-likeness (QED) is 0.0195. The lowest BCUT2D eigenvalue weighted by atomic mass is 10.0. The number of esters is 2. The molecule has 0 heterocycles. The highest BCUT2D eigenvalue weighted by Gasteiger charge is 2.21. The minimum absolute atomic E-state index is 0.0363. The molecule has 0 aromatic rings. The van der Waals surface area contributed by atoms with E-state index in [1.165, 1.54) is 173 Å². The first kappa shape index (κ1) is 64.2. The van der Waals surface area contributed by atoms with E-state index in [1.807, 2.05) is 21.1 Å². The summed E-state index contributed by atoms with van der Waals surface area (Å²) in [5.41, 5.74) is 0. The van der Waals surface area contributed by atoms with Gasteiger partial charge in [0.05, 0.1) is 27.7 Å². The number of rotatable bonds is 51. The van der Waals surface area contributed by atoms with Crippen LogP contribution >= 0.6 is 7.82 Å². The van der Waals surface area contributed by atoms with E-state index in [0.717, 1.165) is 44.9 Å². The van der Waals surface area contributed by atoms with Gasteiger partial charge in [-0.15, -0.1) is 0 Å². The Morgan fingerprint density at radius 2 is 0.803 bits per heavy atom. The zero-order valence-corrected chi connectivity index (χ0v) is 44.8. The molecule has 0 saturated carbocycles. The first-order valence-electron chi connectivity index (χ1n) is 27.7. The fourth-order valence-corrected chi connectivity index (χ4v) is 8.52. The van der Waals surface area contributed by atoms with Crippen molar-refractivity contribution in [1.82, 2.24) is 0 Å². The number of carbonyl (C=O) groups excluding carboxylic acids is 2. The molecule has 0 spiro atoms. The highest BCUT2D eigenvalue weighted by Crippen LogP contribution is 2.38. The Morgan fingerprint density at radius 1 is 0.455 bits per heavy atom. The van der Waals surface area contributed by atoms with Crippen LogP contribution in [0.5, 0.6) is 0 Å². The second-order valence-electron chi connectivity index (χ2n) is 19.9. The Morgan fingerprint density at radius 3 is 1.21 bits per heavy atom. The van der Waals surface area contributed by atoms with E-state index < -0.39 is 32.5 Å². The molecule has 0 rings (SSSR count). The largest absolute Gasteiger partial charge is 0.756 e. The summed E-state index contributed by atoms with van der Waals surface area (Å²) in [4.78, 5) is 37.8. The van der Waals surface area contributed by atoms with E-state index >= 15 is 0 Å². The van der Waals surface area contributed by atoms with Crippen LogP contribution in [-0.2, 0) is 32.7 Å². The molecule has 0 bridgehead atoms. The van der Waals surface area contributed by atoms with Gasteiger partial charge in [-0.05, 0) is 70.6 Å². The summed E-state index contributed by atoms with van der Waals surface area (Å²) in [6.45, 7) is 4.22. The van der Waals surface area contributed by atoms with Gasteiger partial charge in [0.15, 0.2) is 6.10 Å². The van der Waals surface area contributed by atoms with Crippen LogP contribution in [0.3, 0.4) is 0 Å². The smallest absolute Gasteiger partial charge is 0.306 e. The molecule has 10 heteroatoms. The number of carbonyl (C=O) groups is 2. The van der Waals surface area contributed by atoms with Crippen LogP contribution in [0.1, 0.15) is 258 Å². The topological polar surface area (TPSA) is 111 Å². The zero-order chi connectivity index (χ0) is 48.5. The second kappa shape index (κ2) is 48.3. The molecule has 9 nitrogen and oxygen atoms in total. The molecule has 0 N–H and O–H groups in total. The van der Waals surface area contributed by atoms with Crippen molar-refractivity contribution in [3.05, 3.63) is 36.5 Å². The summed E-state index contributed by atoms with van der Waals surface area (Å²) in [6.07, 6.45) is 57.7. The summed E-state index contributed by atoms with van der Waals surface area (Å²) in [5, 5.41) is 0. The molecular weight excluding hydrogens is 846 g/mol. The van der Waals surface area contributed by atoms with E-state index in [2.05, 4.69) is 50.3 Å². The van der Waals surface area contributed by atoms with Crippen molar-refractivity contribution in [2.75, 3.05) is 47.5 Å². The average Bonchev–Trinajstić information content (AvgIpc) is 3.27. The molecule has 1 unspecified atom stereocenters. The molecule has 0 aromatic carbocycles. The fourth-order valence-electron chi connectivity index (χ4n) is 7.79. The lowest BCUT2D eigenvalue weighted by Gasteiger charge is -2.28. The van der Waals surface area contributed by atoms with E-state index in [-0.39, 0.29) is 26.1 Å². The van der Waals surface area contributed by atoms with Crippen LogP contribution in [0.4, 0.5) is 0 Å². The van der Waals surface area contributed by atoms with Crippen LogP contribution in [0.25, 0.3) is 0 Å². The second-order valence-corrected chi connectivity index (χ2v) is 21.3. The van der Waals surface area contributed by atoms with Gasteiger partial charge in [-0.25, -0.2) is 0 Å². The maximum Gasteiger partial charge on any atom is 0.306 e. The molecule has 0 amide bonds. The van der Waals surface area contributed by atoms with Crippen molar-refractivity contribution < 1.29 is 42.1 Å². The number of ether oxygens (including phenoxy) is 2. The van der Waals surface area contributed by atoms with Crippen molar-refractivity contribution in [3.8, 4) is 0 Å². The Hall–Kier alpha value is -1.77. The lowest BCUT2D eigenvalue weighted by Crippen LogP contribution is -2.37. The number of allylic oxidation sites excluding steroid dienone is 6. The van der Waals surface area contributed by atoms with Gasteiger partial charge in [-0.2, -0.15) is 0 Å². The average molecular weight is 952 g/mol. The molecular formula is C56H106NO8P. The van der Waals surface area contributed by atoms with E-state index in [0.29, 0.717) is 23.9 Å². The highest BCUT2D eigenvalue weighted by atomic mass is 31.2. The molecule has 66 heavy (non-hydrogen) atoms. The van der Waals surface area contributed by atoms with E-state index in [1.54, 1.807) is 0 Å². The molecule has 0 radical (unpaired) electrons. The number of nitrogens with zero attached hydrogens (tertiary/aromatic N) is 1. The fraction of sp³-hybridized carbons (Fsp3) is 0.857. The van der Waals surface area contributed by atoms with Gasteiger partial charge in [0.1, 0.15) is 19.8 Å². The van der Waals surface area contributed by atoms with Gasteiger partial charge < -0.3 is 27.9 Å². The van der Waals surface area contributed by atoms with Crippen molar-refractivity contribution in [2.45, 2.75) is 264 Å². The zero-order valence-electron chi connectivity index (χ0n) is 43.9. The molecule has 388 valence electrons. The summed E-state index contributed by atoms with van der Waals surface area (Å²) >= 11 is 0. The SMILES string of the molecule is CCCCCCCC/C=C/CCCCCCCCCCCC(=O)O[C@H](COC(=O)CCC/C=C/CC/C=C/CCCCCCCCCCCCCCCC)COP(=O)([O-])OCC[N+](C)(C)C. The van der Waals surface area contributed by atoms with Crippen LogP contribution in [0.15, 0.2) is 36.5 Å². The standard InChI is InChI=1S/C56H106NO8P/c1-6-8-10-12-14-16-18-20-22-24-26-27-28-29-31-32-34-36-38-40-42-44-46-48-55(58)62-52-54(53-64-66(60,61)63-51-50-57(3,4)5)65-56(59)49-47-45-43-41-39-37-35-33-30-25-23-21-19-17-15-13-11-9-7-2/h21,23,32,34,40,42,54H,6-20,22,24-31,33,35-39,41,43-53H2,1-5H3/b23-21+,34-32+,42-40+/t54-/m1/s1. The minimum Gasteiger partial charge on any atom is -0.756 e. The number of hydrogen-bond donors (Lipinski definition) is 0. The monoisotopic (exact) mass is 952 g/mol. The maximum atomic E-state index is 12.8. The predicted octanol–water partition coefficient (Wildman–Crippen LogP) is 16.2.